The van der Waals surface area contributed by atoms with Crippen LogP contribution in [0.1, 0.15) is 35.6 Å². The van der Waals surface area contributed by atoms with Crippen molar-refractivity contribution < 1.29 is 9.13 Å². The predicted octanol–water partition coefficient (Wildman–Crippen LogP) is 3.83. The first-order valence-corrected chi connectivity index (χ1v) is 9.47. The molecule has 0 amide bonds. The zero-order valence-corrected chi connectivity index (χ0v) is 15.4. The first-order chi connectivity index (χ1) is 12.5. The van der Waals surface area contributed by atoms with Gasteiger partial charge in [-0.05, 0) is 54.2 Å². The van der Waals surface area contributed by atoms with Crippen molar-refractivity contribution in [3.63, 3.8) is 0 Å². The maximum absolute atomic E-state index is 13.6. The highest BCUT2D eigenvalue weighted by Gasteiger charge is 2.51. The summed E-state index contributed by atoms with van der Waals surface area (Å²) in [6.45, 7) is 5.69. The number of nitrogens with zero attached hydrogens (tertiary/aromatic N) is 1. The average Bonchev–Trinajstić information content (AvgIpc) is 3.27. The van der Waals surface area contributed by atoms with E-state index in [0.717, 1.165) is 31.8 Å². The van der Waals surface area contributed by atoms with Crippen molar-refractivity contribution in [1.82, 2.24) is 4.90 Å². The summed E-state index contributed by atoms with van der Waals surface area (Å²) in [6.07, 6.45) is 1.65. The normalized spacial score (nSPS) is 25.0. The number of benzene rings is 2. The van der Waals surface area contributed by atoms with Gasteiger partial charge in [0.25, 0.3) is 0 Å². The Balaban J connectivity index is 1.34. The molecule has 0 bridgehead atoms. The third-order valence-electron chi connectivity index (χ3n) is 5.72. The van der Waals surface area contributed by atoms with Gasteiger partial charge in [-0.25, -0.2) is 4.39 Å². The lowest BCUT2D eigenvalue weighted by atomic mass is 9.99. The van der Waals surface area contributed by atoms with E-state index in [1.807, 2.05) is 6.07 Å². The van der Waals surface area contributed by atoms with E-state index >= 15 is 0 Å². The van der Waals surface area contributed by atoms with E-state index in [0.29, 0.717) is 19.6 Å². The van der Waals surface area contributed by atoms with Gasteiger partial charge >= 0.3 is 0 Å². The van der Waals surface area contributed by atoms with Crippen LogP contribution in [0.25, 0.3) is 0 Å². The minimum absolute atomic E-state index is 0.0553. The highest BCUT2D eigenvalue weighted by molar-refractivity contribution is 5.37. The van der Waals surface area contributed by atoms with E-state index in [-0.39, 0.29) is 5.92 Å². The molecule has 0 spiro atoms. The Morgan fingerprint density at radius 1 is 1.15 bits per heavy atom. The highest BCUT2D eigenvalue weighted by Crippen LogP contribution is 2.46. The van der Waals surface area contributed by atoms with Crippen molar-refractivity contribution in [2.24, 2.45) is 11.7 Å². The number of fused-ring (bicyclic) bond motifs is 1. The molecule has 0 radical (unpaired) electrons. The van der Waals surface area contributed by atoms with Gasteiger partial charge < -0.3 is 10.5 Å². The lowest BCUT2D eigenvalue weighted by molar-refractivity contribution is 0.234. The van der Waals surface area contributed by atoms with Crippen LogP contribution in [-0.2, 0) is 26.1 Å². The van der Waals surface area contributed by atoms with E-state index < -0.39 is 5.67 Å². The van der Waals surface area contributed by atoms with Crippen molar-refractivity contribution in [2.45, 2.75) is 45.1 Å². The molecule has 4 rings (SSSR count). The predicted molar refractivity (Wildman–Crippen MR) is 102 cm³/mol. The number of alkyl halides is 1. The monoisotopic (exact) mass is 354 g/mol. The molecular formula is C22H27FN2O. The molecule has 1 saturated carbocycles. The summed E-state index contributed by atoms with van der Waals surface area (Å²) in [5, 5.41) is 0. The molecule has 2 aromatic rings. The second-order valence-electron chi connectivity index (χ2n) is 7.90. The minimum atomic E-state index is -1.02. The van der Waals surface area contributed by atoms with Gasteiger partial charge in [0.1, 0.15) is 11.4 Å². The fourth-order valence-electron chi connectivity index (χ4n) is 3.70. The standard InChI is InChI=1S/C22H27FN2O/c1-22(23)11-20(22)15-26-21-7-6-19-14-25(9-8-18(19)10-21)13-17-4-2-16(12-24)3-5-17/h2-7,10,20H,8-9,11-15,24H2,1H3/t20?,22-/m1/s1. The number of ether oxygens (including phenoxy) is 1. The van der Waals surface area contributed by atoms with Crippen molar-refractivity contribution in [1.29, 1.82) is 0 Å². The van der Waals surface area contributed by atoms with Gasteiger partial charge in [-0.3, -0.25) is 4.90 Å². The molecule has 1 heterocycles. The molecule has 0 saturated heterocycles. The summed E-state index contributed by atoms with van der Waals surface area (Å²) in [5.41, 5.74) is 9.86. The summed E-state index contributed by atoms with van der Waals surface area (Å²) in [7, 11) is 0. The number of nitrogens with two attached hydrogens (primary N) is 1. The van der Waals surface area contributed by atoms with Crippen LogP contribution in [0.3, 0.4) is 0 Å². The first-order valence-electron chi connectivity index (χ1n) is 9.47. The lowest BCUT2D eigenvalue weighted by Gasteiger charge is -2.29. The maximum atomic E-state index is 13.6. The molecule has 2 aliphatic rings. The van der Waals surface area contributed by atoms with E-state index in [1.54, 1.807) is 6.92 Å². The van der Waals surface area contributed by atoms with Gasteiger partial charge in [0.2, 0.25) is 0 Å². The number of hydrogen-bond donors (Lipinski definition) is 1. The Labute approximate surface area is 155 Å². The molecule has 1 aliphatic carbocycles. The average molecular weight is 354 g/mol. The molecule has 2 aromatic carbocycles. The second-order valence-corrected chi connectivity index (χ2v) is 7.90. The van der Waals surface area contributed by atoms with Crippen molar-refractivity contribution in [2.75, 3.05) is 13.2 Å². The second kappa shape index (κ2) is 7.01. The first kappa shape index (κ1) is 17.5. The molecule has 3 nitrogen and oxygen atoms in total. The van der Waals surface area contributed by atoms with Crippen LogP contribution in [0, 0.1) is 5.92 Å². The topological polar surface area (TPSA) is 38.5 Å². The van der Waals surface area contributed by atoms with Gasteiger partial charge in [-0.1, -0.05) is 30.3 Å². The van der Waals surface area contributed by atoms with Crippen LogP contribution >= 0.6 is 0 Å². The van der Waals surface area contributed by atoms with Gasteiger partial charge in [-0.15, -0.1) is 0 Å². The zero-order valence-electron chi connectivity index (χ0n) is 15.4. The Hall–Kier alpha value is -1.91. The number of rotatable bonds is 6. The SMILES string of the molecule is C[C@@]1(F)CC1COc1ccc2c(c1)CCN(Cc1ccc(CN)cc1)C2. The summed E-state index contributed by atoms with van der Waals surface area (Å²) in [5.74, 6) is 0.928. The molecular weight excluding hydrogens is 327 g/mol. The Bertz CT molecular complexity index is 772. The summed E-state index contributed by atoms with van der Waals surface area (Å²) >= 11 is 0. The smallest absolute Gasteiger partial charge is 0.119 e. The van der Waals surface area contributed by atoms with Crippen molar-refractivity contribution in [3.8, 4) is 5.75 Å². The van der Waals surface area contributed by atoms with Crippen LogP contribution in [0.5, 0.6) is 5.75 Å². The van der Waals surface area contributed by atoms with Crippen molar-refractivity contribution >= 4 is 0 Å². The van der Waals surface area contributed by atoms with Crippen LogP contribution < -0.4 is 10.5 Å². The molecule has 2 atom stereocenters. The highest BCUT2D eigenvalue weighted by atomic mass is 19.1. The number of halogens is 1. The summed E-state index contributed by atoms with van der Waals surface area (Å²) < 4.78 is 19.4. The fourth-order valence-corrected chi connectivity index (χ4v) is 3.70. The summed E-state index contributed by atoms with van der Waals surface area (Å²) in [4.78, 5) is 2.47. The minimum Gasteiger partial charge on any atom is -0.493 e. The van der Waals surface area contributed by atoms with E-state index in [9.17, 15) is 4.39 Å². The molecule has 1 fully saturated rings. The molecule has 0 aromatic heterocycles. The van der Waals surface area contributed by atoms with E-state index in [2.05, 4.69) is 41.3 Å². The van der Waals surface area contributed by atoms with Crippen LogP contribution in [0.15, 0.2) is 42.5 Å². The molecule has 138 valence electrons. The number of hydrogen-bond acceptors (Lipinski definition) is 3. The molecule has 4 heteroatoms. The Morgan fingerprint density at radius 2 is 1.88 bits per heavy atom. The van der Waals surface area contributed by atoms with Gasteiger partial charge in [0, 0.05) is 32.1 Å². The largest absolute Gasteiger partial charge is 0.493 e. The molecule has 26 heavy (non-hydrogen) atoms. The van der Waals surface area contributed by atoms with E-state index in [4.69, 9.17) is 10.5 Å². The van der Waals surface area contributed by atoms with Crippen molar-refractivity contribution in [3.05, 3.63) is 64.7 Å². The van der Waals surface area contributed by atoms with Gasteiger partial charge in [0.05, 0.1) is 6.61 Å². The molecule has 1 unspecified atom stereocenters. The van der Waals surface area contributed by atoms with Crippen LogP contribution in [0.2, 0.25) is 0 Å². The quantitative estimate of drug-likeness (QED) is 0.857. The Morgan fingerprint density at radius 3 is 2.58 bits per heavy atom. The molecule has 1 aliphatic heterocycles. The third kappa shape index (κ3) is 3.92. The lowest BCUT2D eigenvalue weighted by Crippen LogP contribution is -2.30. The zero-order chi connectivity index (χ0) is 18.1. The van der Waals surface area contributed by atoms with Crippen LogP contribution in [0.4, 0.5) is 4.39 Å². The molecule has 2 N–H and O–H groups in total. The van der Waals surface area contributed by atoms with Crippen LogP contribution in [-0.4, -0.2) is 23.7 Å². The fraction of sp³-hybridized carbons (Fsp3) is 0.455. The Kier molecular flexibility index (Phi) is 4.72. The third-order valence-corrected chi connectivity index (χ3v) is 5.72. The summed E-state index contributed by atoms with van der Waals surface area (Å²) in [6, 6.07) is 14.9. The van der Waals surface area contributed by atoms with Gasteiger partial charge in [0.15, 0.2) is 0 Å². The van der Waals surface area contributed by atoms with E-state index in [1.165, 1.54) is 22.3 Å². The van der Waals surface area contributed by atoms with Gasteiger partial charge in [-0.2, -0.15) is 0 Å². The maximum Gasteiger partial charge on any atom is 0.119 e.